The number of fused-ring (bicyclic) bond motifs is 1. The van der Waals surface area contributed by atoms with Gasteiger partial charge in [0.05, 0.1) is 10.6 Å². The van der Waals surface area contributed by atoms with E-state index in [4.69, 9.17) is 0 Å². The molecule has 2 aromatic rings. The Morgan fingerprint density at radius 2 is 1.96 bits per heavy atom. The van der Waals surface area contributed by atoms with Gasteiger partial charge < -0.3 is 10.2 Å². The van der Waals surface area contributed by atoms with Crippen LogP contribution in [0.2, 0.25) is 0 Å². The number of aryl methyl sites for hydroxylation is 1. The lowest BCUT2D eigenvalue weighted by atomic mass is 9.96. The number of benzene rings is 1. The first kappa shape index (κ1) is 17.8. The molecule has 1 aromatic carbocycles. The smallest absolute Gasteiger partial charge is 0.143 e. The molecule has 0 spiro atoms. The van der Waals surface area contributed by atoms with Crippen LogP contribution < -0.4 is 5.32 Å². The first-order valence-electron chi connectivity index (χ1n) is 9.88. The highest BCUT2D eigenvalue weighted by atomic mass is 32.2. The maximum absolute atomic E-state index is 4.63. The van der Waals surface area contributed by atoms with Gasteiger partial charge in [-0.3, -0.25) is 0 Å². The SMILES string of the molecule is CCc1ccc(C2CSc3c(NCCCN4CCCC4)ncnc32)cc1. The Bertz CT molecular complexity index is 725. The first-order chi connectivity index (χ1) is 12.8. The molecule has 1 fully saturated rings. The van der Waals surface area contributed by atoms with Crippen molar-refractivity contribution in [2.24, 2.45) is 0 Å². The van der Waals surface area contributed by atoms with Crippen molar-refractivity contribution in [3.8, 4) is 0 Å². The molecule has 1 saturated heterocycles. The van der Waals surface area contributed by atoms with Crippen molar-refractivity contribution in [2.75, 3.05) is 37.2 Å². The van der Waals surface area contributed by atoms with Crippen LogP contribution in [-0.2, 0) is 6.42 Å². The fraction of sp³-hybridized carbons (Fsp3) is 0.524. The van der Waals surface area contributed by atoms with E-state index in [1.807, 2.05) is 11.8 Å². The molecule has 5 heteroatoms. The average molecular weight is 369 g/mol. The van der Waals surface area contributed by atoms with Crippen molar-refractivity contribution in [2.45, 2.75) is 43.4 Å². The third-order valence-corrected chi connectivity index (χ3v) is 6.68. The van der Waals surface area contributed by atoms with Gasteiger partial charge in [-0.2, -0.15) is 0 Å². The Balaban J connectivity index is 1.40. The van der Waals surface area contributed by atoms with Gasteiger partial charge in [-0.25, -0.2) is 9.97 Å². The third kappa shape index (κ3) is 3.89. The van der Waals surface area contributed by atoms with Crippen LogP contribution >= 0.6 is 11.8 Å². The van der Waals surface area contributed by atoms with E-state index in [9.17, 15) is 0 Å². The van der Waals surface area contributed by atoms with Crippen molar-refractivity contribution in [3.63, 3.8) is 0 Å². The monoisotopic (exact) mass is 368 g/mol. The Morgan fingerprint density at radius 1 is 1.15 bits per heavy atom. The Morgan fingerprint density at radius 3 is 2.73 bits per heavy atom. The normalized spacial score (nSPS) is 19.7. The van der Waals surface area contributed by atoms with Crippen LogP contribution in [0.4, 0.5) is 5.82 Å². The average Bonchev–Trinajstić information content (AvgIpc) is 3.35. The zero-order valence-corrected chi connectivity index (χ0v) is 16.4. The Kier molecular flexibility index (Phi) is 5.75. The van der Waals surface area contributed by atoms with Crippen LogP contribution in [0.5, 0.6) is 0 Å². The topological polar surface area (TPSA) is 41.0 Å². The fourth-order valence-corrected chi connectivity index (χ4v) is 5.19. The van der Waals surface area contributed by atoms with E-state index in [0.717, 1.165) is 24.5 Å². The number of thioether (sulfide) groups is 1. The lowest BCUT2D eigenvalue weighted by Crippen LogP contribution is -2.22. The van der Waals surface area contributed by atoms with Gasteiger partial charge in [-0.1, -0.05) is 31.2 Å². The molecule has 3 heterocycles. The molecule has 1 atom stereocenters. The molecule has 1 unspecified atom stereocenters. The molecule has 0 aliphatic carbocycles. The number of likely N-dealkylation sites (tertiary alicyclic amines) is 1. The summed E-state index contributed by atoms with van der Waals surface area (Å²) in [5, 5.41) is 3.56. The van der Waals surface area contributed by atoms with Crippen LogP contribution in [0.15, 0.2) is 35.5 Å². The molecule has 0 amide bonds. The highest BCUT2D eigenvalue weighted by molar-refractivity contribution is 7.99. The van der Waals surface area contributed by atoms with E-state index in [1.54, 1.807) is 6.33 Å². The molecular weight excluding hydrogens is 340 g/mol. The van der Waals surface area contributed by atoms with Gasteiger partial charge in [0.2, 0.25) is 0 Å². The molecule has 1 aromatic heterocycles. The summed E-state index contributed by atoms with van der Waals surface area (Å²) in [5.41, 5.74) is 3.95. The van der Waals surface area contributed by atoms with E-state index in [1.165, 1.54) is 60.6 Å². The van der Waals surface area contributed by atoms with Gasteiger partial charge in [0, 0.05) is 18.2 Å². The van der Waals surface area contributed by atoms with Crippen LogP contribution in [0.1, 0.15) is 48.9 Å². The standard InChI is InChI=1S/C21H28N4S/c1-2-16-6-8-17(9-7-16)18-14-26-20-19(18)23-15-24-21(20)22-10-5-13-25-11-3-4-12-25/h6-9,15,18H,2-5,10-14H2,1H3,(H,22,23,24). The number of nitrogens with zero attached hydrogens (tertiary/aromatic N) is 3. The van der Waals surface area contributed by atoms with Crippen molar-refractivity contribution >= 4 is 17.6 Å². The number of rotatable bonds is 7. The first-order valence-corrected chi connectivity index (χ1v) is 10.9. The minimum Gasteiger partial charge on any atom is -0.369 e. The van der Waals surface area contributed by atoms with Gasteiger partial charge in [0.15, 0.2) is 0 Å². The van der Waals surface area contributed by atoms with E-state index in [-0.39, 0.29) is 0 Å². The largest absolute Gasteiger partial charge is 0.369 e. The van der Waals surface area contributed by atoms with E-state index >= 15 is 0 Å². The van der Waals surface area contributed by atoms with Crippen molar-refractivity contribution in [3.05, 3.63) is 47.4 Å². The van der Waals surface area contributed by atoms with Crippen molar-refractivity contribution in [1.29, 1.82) is 0 Å². The lowest BCUT2D eigenvalue weighted by molar-refractivity contribution is 0.337. The van der Waals surface area contributed by atoms with Gasteiger partial charge >= 0.3 is 0 Å². The second-order valence-corrected chi connectivity index (χ2v) is 8.25. The number of nitrogens with one attached hydrogen (secondary N) is 1. The van der Waals surface area contributed by atoms with Gasteiger partial charge in [0.25, 0.3) is 0 Å². The quantitative estimate of drug-likeness (QED) is 0.743. The van der Waals surface area contributed by atoms with Crippen LogP contribution in [0, 0.1) is 0 Å². The second-order valence-electron chi connectivity index (χ2n) is 7.22. The van der Waals surface area contributed by atoms with Gasteiger partial charge in [0.1, 0.15) is 12.1 Å². The highest BCUT2D eigenvalue weighted by Gasteiger charge is 2.29. The zero-order chi connectivity index (χ0) is 17.8. The molecule has 4 nitrogen and oxygen atoms in total. The predicted octanol–water partition coefficient (Wildman–Crippen LogP) is 4.17. The molecule has 2 aliphatic heterocycles. The summed E-state index contributed by atoms with van der Waals surface area (Å²) >= 11 is 1.89. The molecule has 26 heavy (non-hydrogen) atoms. The zero-order valence-electron chi connectivity index (χ0n) is 15.6. The molecule has 0 bridgehead atoms. The Labute approximate surface area is 160 Å². The summed E-state index contributed by atoms with van der Waals surface area (Å²) < 4.78 is 0. The third-order valence-electron chi connectivity index (χ3n) is 5.49. The number of aromatic nitrogens is 2. The summed E-state index contributed by atoms with van der Waals surface area (Å²) in [4.78, 5) is 13.0. The molecule has 4 rings (SSSR count). The van der Waals surface area contributed by atoms with Crippen LogP contribution in [0.3, 0.4) is 0 Å². The maximum Gasteiger partial charge on any atom is 0.143 e. The molecular formula is C21H28N4S. The molecule has 0 radical (unpaired) electrons. The predicted molar refractivity (Wildman–Crippen MR) is 109 cm³/mol. The fourth-order valence-electron chi connectivity index (χ4n) is 3.90. The number of hydrogen-bond acceptors (Lipinski definition) is 5. The molecule has 1 N–H and O–H groups in total. The second kappa shape index (κ2) is 8.40. The van der Waals surface area contributed by atoms with Gasteiger partial charge in [-0.15, -0.1) is 11.8 Å². The summed E-state index contributed by atoms with van der Waals surface area (Å²) in [5.74, 6) is 2.46. The van der Waals surface area contributed by atoms with E-state index in [0.29, 0.717) is 5.92 Å². The number of hydrogen-bond donors (Lipinski definition) is 1. The molecule has 2 aliphatic rings. The van der Waals surface area contributed by atoms with E-state index < -0.39 is 0 Å². The highest BCUT2D eigenvalue weighted by Crippen LogP contribution is 2.44. The number of anilines is 1. The van der Waals surface area contributed by atoms with Crippen molar-refractivity contribution in [1.82, 2.24) is 14.9 Å². The minimum atomic E-state index is 0.383. The lowest BCUT2D eigenvalue weighted by Gasteiger charge is -2.15. The summed E-state index contributed by atoms with van der Waals surface area (Å²) in [6.07, 6.45) is 6.71. The van der Waals surface area contributed by atoms with Crippen LogP contribution in [-0.4, -0.2) is 46.8 Å². The summed E-state index contributed by atoms with van der Waals surface area (Å²) in [7, 11) is 0. The minimum absolute atomic E-state index is 0.383. The van der Waals surface area contributed by atoms with Crippen LogP contribution in [0.25, 0.3) is 0 Å². The summed E-state index contributed by atoms with van der Waals surface area (Å²) in [6, 6.07) is 9.03. The van der Waals surface area contributed by atoms with Crippen molar-refractivity contribution < 1.29 is 0 Å². The maximum atomic E-state index is 4.63. The van der Waals surface area contributed by atoms with Gasteiger partial charge in [-0.05, 0) is 56.4 Å². The molecule has 138 valence electrons. The summed E-state index contributed by atoms with van der Waals surface area (Å²) in [6.45, 7) is 6.93. The molecule has 0 saturated carbocycles. The van der Waals surface area contributed by atoms with E-state index in [2.05, 4.69) is 51.4 Å². The Hall–Kier alpha value is -1.59.